The van der Waals surface area contributed by atoms with Crippen molar-refractivity contribution in [2.75, 3.05) is 7.11 Å². The Kier molecular flexibility index (Phi) is 6.62. The fourth-order valence-corrected chi connectivity index (χ4v) is 2.98. The molecule has 11 heteroatoms. The van der Waals surface area contributed by atoms with Crippen molar-refractivity contribution in [1.29, 1.82) is 0 Å². The van der Waals surface area contributed by atoms with Gasteiger partial charge in [-0.25, -0.2) is 9.18 Å². The van der Waals surface area contributed by atoms with Crippen LogP contribution in [0.1, 0.15) is 5.56 Å². The van der Waals surface area contributed by atoms with Crippen LogP contribution >= 0.6 is 11.8 Å². The van der Waals surface area contributed by atoms with E-state index in [2.05, 4.69) is 14.9 Å². The van der Waals surface area contributed by atoms with Gasteiger partial charge in [-0.05, 0) is 59.8 Å². The predicted molar refractivity (Wildman–Crippen MR) is 101 cm³/mol. The second kappa shape index (κ2) is 9.35. The smallest absolute Gasteiger partial charge is 0.387 e. The summed E-state index contributed by atoms with van der Waals surface area (Å²) in [6, 6.07) is 9.31. The van der Waals surface area contributed by atoms with Gasteiger partial charge in [-0.2, -0.15) is 8.78 Å². The monoisotopic (exact) mass is 438 g/mol. The molecule has 0 aliphatic rings. The average Bonchev–Trinajstić information content (AvgIpc) is 3.17. The number of carboxylic acid groups (broad SMARTS) is 1. The summed E-state index contributed by atoms with van der Waals surface area (Å²) in [5, 5.41) is 17.0. The van der Waals surface area contributed by atoms with Crippen LogP contribution < -0.4 is 9.47 Å². The molecule has 0 saturated heterocycles. The molecule has 30 heavy (non-hydrogen) atoms. The van der Waals surface area contributed by atoms with Gasteiger partial charge < -0.3 is 19.0 Å². The van der Waals surface area contributed by atoms with E-state index in [1.807, 2.05) is 0 Å². The topological polar surface area (TPSA) is 94.7 Å². The lowest BCUT2D eigenvalue weighted by Crippen LogP contribution is -2.03. The lowest BCUT2D eigenvalue weighted by Gasteiger charge is -2.10. The molecule has 0 saturated carbocycles. The molecular formula is C19H13F3N2O5S. The molecule has 0 amide bonds. The number of ether oxygens (including phenoxy) is 2. The minimum absolute atomic E-state index is 0.00942. The maximum absolute atomic E-state index is 13.0. The SMILES string of the molecule is COc1cc(/C=C(/Sc2nnc(-c3ccc(F)cc3)o2)C(=O)O)ccc1OC(F)F. The highest BCUT2D eigenvalue weighted by atomic mass is 32.2. The molecule has 0 unspecified atom stereocenters. The van der Waals surface area contributed by atoms with E-state index in [1.165, 1.54) is 55.7 Å². The van der Waals surface area contributed by atoms with Crippen LogP contribution in [0.25, 0.3) is 17.5 Å². The molecular weight excluding hydrogens is 425 g/mol. The van der Waals surface area contributed by atoms with Crippen LogP contribution in [0.2, 0.25) is 0 Å². The van der Waals surface area contributed by atoms with E-state index in [0.717, 1.165) is 0 Å². The highest BCUT2D eigenvalue weighted by Gasteiger charge is 2.17. The normalized spacial score (nSPS) is 11.6. The molecule has 0 bridgehead atoms. The van der Waals surface area contributed by atoms with Gasteiger partial charge >= 0.3 is 12.6 Å². The third kappa shape index (κ3) is 5.32. The van der Waals surface area contributed by atoms with Crippen molar-refractivity contribution in [3.63, 3.8) is 0 Å². The number of hydrogen-bond acceptors (Lipinski definition) is 7. The number of thioether (sulfide) groups is 1. The largest absolute Gasteiger partial charge is 0.493 e. The van der Waals surface area contributed by atoms with Crippen LogP contribution in [0.5, 0.6) is 11.5 Å². The first-order chi connectivity index (χ1) is 14.4. The molecule has 0 fully saturated rings. The van der Waals surface area contributed by atoms with Gasteiger partial charge in [0.2, 0.25) is 5.89 Å². The first kappa shape index (κ1) is 21.2. The second-order valence-electron chi connectivity index (χ2n) is 5.58. The molecule has 3 rings (SSSR count). The summed E-state index contributed by atoms with van der Waals surface area (Å²) in [4.78, 5) is 11.4. The lowest BCUT2D eigenvalue weighted by molar-refractivity contribution is -0.131. The third-order valence-corrected chi connectivity index (χ3v) is 4.46. The Bertz CT molecular complexity index is 1070. The van der Waals surface area contributed by atoms with Crippen LogP contribution in [0, 0.1) is 5.82 Å². The van der Waals surface area contributed by atoms with Gasteiger partial charge in [0, 0.05) is 5.56 Å². The molecule has 0 atom stereocenters. The summed E-state index contributed by atoms with van der Waals surface area (Å²) >= 11 is 0.694. The van der Waals surface area contributed by atoms with Crippen LogP contribution in [-0.4, -0.2) is 35.0 Å². The fourth-order valence-electron chi connectivity index (χ4n) is 2.31. The zero-order valence-electron chi connectivity index (χ0n) is 15.2. The highest BCUT2D eigenvalue weighted by molar-refractivity contribution is 8.03. The molecule has 1 aromatic heterocycles. The van der Waals surface area contributed by atoms with E-state index < -0.39 is 18.4 Å². The van der Waals surface area contributed by atoms with Crippen LogP contribution in [0.15, 0.2) is 57.0 Å². The number of methoxy groups -OCH3 is 1. The molecule has 7 nitrogen and oxygen atoms in total. The minimum atomic E-state index is -3.03. The van der Waals surface area contributed by atoms with Crippen molar-refractivity contribution in [3.8, 4) is 23.0 Å². The summed E-state index contributed by atoms with van der Waals surface area (Å²) in [5.41, 5.74) is 0.826. The number of hydrogen-bond donors (Lipinski definition) is 1. The van der Waals surface area contributed by atoms with E-state index in [4.69, 9.17) is 9.15 Å². The molecule has 0 aliphatic carbocycles. The Hall–Kier alpha value is -3.47. The Morgan fingerprint density at radius 2 is 1.90 bits per heavy atom. The van der Waals surface area contributed by atoms with Gasteiger partial charge in [0.1, 0.15) is 10.7 Å². The molecule has 0 aliphatic heterocycles. The van der Waals surface area contributed by atoms with Crippen molar-refractivity contribution in [1.82, 2.24) is 10.2 Å². The maximum Gasteiger partial charge on any atom is 0.387 e. The summed E-state index contributed by atoms with van der Waals surface area (Å²) in [7, 11) is 1.27. The third-order valence-electron chi connectivity index (χ3n) is 3.61. The van der Waals surface area contributed by atoms with Gasteiger partial charge in [-0.15, -0.1) is 10.2 Å². The summed E-state index contributed by atoms with van der Waals surface area (Å²) < 4.78 is 52.6. The number of nitrogens with zero attached hydrogens (tertiary/aromatic N) is 2. The summed E-state index contributed by atoms with van der Waals surface area (Å²) in [6.07, 6.45) is 1.28. The Morgan fingerprint density at radius 3 is 2.53 bits per heavy atom. The zero-order valence-corrected chi connectivity index (χ0v) is 16.0. The number of carboxylic acids is 1. The quantitative estimate of drug-likeness (QED) is 0.399. The first-order valence-electron chi connectivity index (χ1n) is 8.21. The van der Waals surface area contributed by atoms with Crippen molar-refractivity contribution < 1.29 is 37.0 Å². The van der Waals surface area contributed by atoms with Crippen molar-refractivity contribution in [2.24, 2.45) is 0 Å². The average molecular weight is 438 g/mol. The predicted octanol–water partition coefficient (Wildman–Crippen LogP) is 4.70. The van der Waals surface area contributed by atoms with Gasteiger partial charge in [0.05, 0.1) is 7.11 Å². The van der Waals surface area contributed by atoms with Crippen molar-refractivity contribution in [3.05, 3.63) is 58.8 Å². The fraction of sp³-hybridized carbons (Fsp3) is 0.105. The van der Waals surface area contributed by atoms with Crippen molar-refractivity contribution >= 4 is 23.8 Å². The first-order valence-corrected chi connectivity index (χ1v) is 9.02. The van der Waals surface area contributed by atoms with Gasteiger partial charge in [0.25, 0.3) is 5.22 Å². The van der Waals surface area contributed by atoms with Crippen molar-refractivity contribution in [2.45, 2.75) is 11.8 Å². The van der Waals surface area contributed by atoms with Gasteiger partial charge in [-0.3, -0.25) is 0 Å². The molecule has 0 spiro atoms. The number of aromatic nitrogens is 2. The Labute approximate surface area is 172 Å². The van der Waals surface area contributed by atoms with Crippen LogP contribution in [0.4, 0.5) is 13.2 Å². The van der Waals surface area contributed by atoms with Gasteiger partial charge in [-0.1, -0.05) is 6.07 Å². The molecule has 156 valence electrons. The number of alkyl halides is 2. The second-order valence-corrected chi connectivity index (χ2v) is 6.58. The number of halogens is 3. The number of aliphatic carboxylic acids is 1. The van der Waals surface area contributed by atoms with E-state index in [9.17, 15) is 23.1 Å². The lowest BCUT2D eigenvalue weighted by atomic mass is 10.2. The highest BCUT2D eigenvalue weighted by Crippen LogP contribution is 2.33. The molecule has 1 N–H and O–H groups in total. The number of carbonyl (C=O) groups is 1. The van der Waals surface area contributed by atoms with E-state index >= 15 is 0 Å². The summed E-state index contributed by atoms with van der Waals surface area (Å²) in [6.45, 7) is -3.03. The number of benzene rings is 2. The van der Waals surface area contributed by atoms with Crippen LogP contribution in [-0.2, 0) is 4.79 Å². The van der Waals surface area contributed by atoms with E-state index in [0.29, 0.717) is 22.9 Å². The van der Waals surface area contributed by atoms with Crippen LogP contribution in [0.3, 0.4) is 0 Å². The van der Waals surface area contributed by atoms with E-state index in [1.54, 1.807) is 0 Å². The van der Waals surface area contributed by atoms with Gasteiger partial charge in [0.15, 0.2) is 11.5 Å². The minimum Gasteiger partial charge on any atom is -0.493 e. The summed E-state index contributed by atoms with van der Waals surface area (Å²) in [5.74, 6) is -1.78. The Balaban J connectivity index is 1.83. The molecule has 0 radical (unpaired) electrons. The Morgan fingerprint density at radius 1 is 1.17 bits per heavy atom. The standard InChI is InChI=1S/C19H13F3N2O5S/c1-27-14-8-10(2-7-13(14)28-18(21)22)9-15(17(25)26)30-19-24-23-16(29-19)11-3-5-12(20)6-4-11/h2-9,18H,1H3,(H,25,26)/b15-9+. The molecule has 3 aromatic rings. The maximum atomic E-state index is 13.0. The van der Waals surface area contributed by atoms with E-state index in [-0.39, 0.29) is 27.5 Å². The molecule has 1 heterocycles. The number of rotatable bonds is 8. The molecule has 2 aromatic carbocycles. The zero-order chi connectivity index (χ0) is 21.7.